The summed E-state index contributed by atoms with van der Waals surface area (Å²) in [5.41, 5.74) is 1.46. The van der Waals surface area contributed by atoms with Crippen LogP contribution >= 0.6 is 0 Å². The molecule has 0 saturated carbocycles. The van der Waals surface area contributed by atoms with Crippen LogP contribution in [-0.2, 0) is 20.6 Å². The predicted octanol–water partition coefficient (Wildman–Crippen LogP) is 3.03. The molecule has 0 aliphatic carbocycles. The second-order valence-electron chi connectivity index (χ2n) is 6.68. The van der Waals surface area contributed by atoms with Crippen LogP contribution in [0.15, 0.2) is 33.5 Å². The third-order valence-electron chi connectivity index (χ3n) is 4.16. The number of fused-ring (bicyclic) bond motifs is 1. The van der Waals surface area contributed by atoms with Crippen molar-refractivity contribution in [3.8, 4) is 0 Å². The highest BCUT2D eigenvalue weighted by molar-refractivity contribution is 6.74. The molecule has 0 unspecified atom stereocenters. The van der Waals surface area contributed by atoms with Gasteiger partial charge in [-0.3, -0.25) is 4.57 Å². The van der Waals surface area contributed by atoms with Crippen LogP contribution in [0.2, 0.25) is 18.1 Å². The van der Waals surface area contributed by atoms with Gasteiger partial charge in [0.2, 0.25) is 0 Å². The normalized spacial score (nSPS) is 11.7. The molecule has 23 heavy (non-hydrogen) atoms. The minimum atomic E-state index is -1.77. The summed E-state index contributed by atoms with van der Waals surface area (Å²) in [4.78, 5) is 28.1. The Balaban J connectivity index is 0.000000816. The van der Waals surface area contributed by atoms with Gasteiger partial charge in [0.15, 0.2) is 13.9 Å². The lowest BCUT2D eigenvalue weighted by Crippen LogP contribution is -2.41. The predicted molar refractivity (Wildman–Crippen MR) is 88.6 cm³/mol. The van der Waals surface area contributed by atoms with Crippen molar-refractivity contribution in [1.82, 2.24) is 4.57 Å². The Hall–Kier alpha value is -1.95. The molecule has 2 rings (SSSR count). The summed E-state index contributed by atoms with van der Waals surface area (Å²) in [6.45, 7) is 12.1. The lowest BCUT2D eigenvalue weighted by atomic mass is 10.2. The summed E-state index contributed by atoms with van der Waals surface area (Å²) in [5, 5.41) is 0.177. The number of oxazole rings is 1. The maximum atomic E-state index is 11.8. The van der Waals surface area contributed by atoms with E-state index in [0.29, 0.717) is 18.7 Å². The standard InChI is InChI=1S/C15H23NO3Si.CO2/c1-15(2,3)20(4,5)18-11-10-16-12-8-6-7-9-13(12)19-14(16)17;2-1-3/h6-9H,10-11H2,1-5H3;. The summed E-state index contributed by atoms with van der Waals surface area (Å²) in [7, 11) is -1.77. The van der Waals surface area contributed by atoms with Crippen LogP contribution in [0.1, 0.15) is 20.8 Å². The lowest BCUT2D eigenvalue weighted by molar-refractivity contribution is -0.191. The van der Waals surface area contributed by atoms with Crippen LogP contribution in [0.3, 0.4) is 0 Å². The molecule has 0 atom stereocenters. The third kappa shape index (κ3) is 4.76. The van der Waals surface area contributed by atoms with Gasteiger partial charge in [0.1, 0.15) is 0 Å². The molecule has 0 radical (unpaired) electrons. The number of benzene rings is 1. The molecular weight excluding hydrogens is 314 g/mol. The van der Waals surface area contributed by atoms with E-state index in [4.69, 9.17) is 18.4 Å². The van der Waals surface area contributed by atoms with E-state index in [1.807, 2.05) is 24.3 Å². The number of hydrogen-bond donors (Lipinski definition) is 0. The molecule has 126 valence electrons. The summed E-state index contributed by atoms with van der Waals surface area (Å²) in [6, 6.07) is 7.47. The number of para-hydroxylation sites is 2. The van der Waals surface area contributed by atoms with Crippen molar-refractivity contribution in [3.05, 3.63) is 34.8 Å². The van der Waals surface area contributed by atoms with E-state index in [-0.39, 0.29) is 16.9 Å². The minimum absolute atomic E-state index is 0.177. The molecule has 2 aromatic rings. The van der Waals surface area contributed by atoms with Crippen molar-refractivity contribution in [2.75, 3.05) is 6.61 Å². The van der Waals surface area contributed by atoms with E-state index in [2.05, 4.69) is 33.9 Å². The average Bonchev–Trinajstić information content (AvgIpc) is 2.75. The quantitative estimate of drug-likeness (QED) is 0.801. The van der Waals surface area contributed by atoms with Crippen molar-refractivity contribution >= 4 is 25.6 Å². The highest BCUT2D eigenvalue weighted by Crippen LogP contribution is 2.36. The second kappa shape index (κ2) is 7.54. The van der Waals surface area contributed by atoms with Crippen LogP contribution in [0, 0.1) is 0 Å². The average molecular weight is 337 g/mol. The second-order valence-corrected chi connectivity index (χ2v) is 11.5. The van der Waals surface area contributed by atoms with E-state index in [1.54, 1.807) is 4.57 Å². The molecule has 0 saturated heterocycles. The first kappa shape index (κ1) is 19.1. The number of rotatable bonds is 4. The Morgan fingerprint density at radius 3 is 2.35 bits per heavy atom. The first-order chi connectivity index (χ1) is 10.6. The molecule has 1 aromatic carbocycles. The van der Waals surface area contributed by atoms with Gasteiger partial charge < -0.3 is 8.84 Å². The van der Waals surface area contributed by atoms with Crippen LogP contribution in [0.25, 0.3) is 11.1 Å². The Labute approximate surface area is 136 Å². The van der Waals surface area contributed by atoms with Crippen LogP contribution in [0.4, 0.5) is 0 Å². The van der Waals surface area contributed by atoms with Gasteiger partial charge in [0.05, 0.1) is 18.7 Å². The van der Waals surface area contributed by atoms with Gasteiger partial charge in [-0.25, -0.2) is 4.79 Å². The van der Waals surface area contributed by atoms with E-state index in [1.165, 1.54) is 0 Å². The minimum Gasteiger partial charge on any atom is -0.415 e. The molecule has 7 heteroatoms. The fourth-order valence-electron chi connectivity index (χ4n) is 1.83. The Morgan fingerprint density at radius 2 is 1.78 bits per heavy atom. The Kier molecular flexibility index (Phi) is 6.26. The molecular formula is C16H23NO5Si. The molecule has 6 nitrogen and oxygen atoms in total. The van der Waals surface area contributed by atoms with E-state index < -0.39 is 8.32 Å². The monoisotopic (exact) mass is 337 g/mol. The van der Waals surface area contributed by atoms with Crippen LogP contribution in [0.5, 0.6) is 0 Å². The lowest BCUT2D eigenvalue weighted by Gasteiger charge is -2.36. The van der Waals surface area contributed by atoms with E-state index >= 15 is 0 Å². The summed E-state index contributed by atoms with van der Waals surface area (Å²) < 4.78 is 13.0. The molecule has 1 heterocycles. The molecule has 0 aliphatic rings. The summed E-state index contributed by atoms with van der Waals surface area (Å²) in [5.74, 6) is -0.315. The molecule has 0 N–H and O–H groups in total. The number of nitrogens with zero attached hydrogens (tertiary/aromatic N) is 1. The van der Waals surface area contributed by atoms with Gasteiger partial charge in [0, 0.05) is 0 Å². The van der Waals surface area contributed by atoms with E-state index in [0.717, 1.165) is 5.52 Å². The van der Waals surface area contributed by atoms with E-state index in [9.17, 15) is 4.79 Å². The van der Waals surface area contributed by atoms with Crippen LogP contribution < -0.4 is 5.76 Å². The van der Waals surface area contributed by atoms with Crippen molar-refractivity contribution in [1.29, 1.82) is 0 Å². The molecule has 0 bridgehead atoms. The molecule has 1 aromatic heterocycles. The van der Waals surface area contributed by atoms with Gasteiger partial charge in [-0.05, 0) is 30.3 Å². The molecule has 0 spiro atoms. The van der Waals surface area contributed by atoms with Gasteiger partial charge >= 0.3 is 11.9 Å². The van der Waals surface area contributed by atoms with Crippen molar-refractivity contribution < 1.29 is 18.4 Å². The summed E-state index contributed by atoms with van der Waals surface area (Å²) >= 11 is 0. The number of carbonyl (C=O) groups excluding carboxylic acids is 2. The van der Waals surface area contributed by atoms with Crippen molar-refractivity contribution in [2.24, 2.45) is 0 Å². The smallest absolute Gasteiger partial charge is 0.415 e. The highest BCUT2D eigenvalue weighted by Gasteiger charge is 2.36. The summed E-state index contributed by atoms with van der Waals surface area (Å²) in [6.07, 6.45) is 0.250. The SMILES string of the molecule is CC(C)(C)[Si](C)(C)OCCn1c(=O)oc2ccccc21.O=C=O. The van der Waals surface area contributed by atoms with Gasteiger partial charge in [0.25, 0.3) is 0 Å². The van der Waals surface area contributed by atoms with Gasteiger partial charge in [-0.2, -0.15) is 9.59 Å². The van der Waals surface area contributed by atoms with Crippen molar-refractivity contribution in [3.63, 3.8) is 0 Å². The zero-order valence-corrected chi connectivity index (χ0v) is 15.2. The largest absolute Gasteiger partial charge is 0.420 e. The number of hydrogen-bond acceptors (Lipinski definition) is 5. The van der Waals surface area contributed by atoms with Crippen LogP contribution in [-0.4, -0.2) is 25.6 Å². The number of aromatic nitrogens is 1. The highest BCUT2D eigenvalue weighted by atomic mass is 28.4. The first-order valence-electron chi connectivity index (χ1n) is 7.35. The fourth-order valence-corrected chi connectivity index (χ4v) is 2.87. The molecule has 0 aliphatic heterocycles. The third-order valence-corrected chi connectivity index (χ3v) is 8.70. The van der Waals surface area contributed by atoms with Crippen molar-refractivity contribution in [2.45, 2.75) is 45.4 Å². The maximum absolute atomic E-state index is 11.8. The molecule has 0 fully saturated rings. The first-order valence-corrected chi connectivity index (χ1v) is 10.3. The Bertz CT molecular complexity index is 733. The zero-order valence-electron chi connectivity index (χ0n) is 14.2. The molecule has 0 amide bonds. The van der Waals surface area contributed by atoms with Gasteiger partial charge in [-0.1, -0.05) is 32.9 Å². The topological polar surface area (TPSA) is 78.5 Å². The Morgan fingerprint density at radius 1 is 1.22 bits per heavy atom. The maximum Gasteiger partial charge on any atom is 0.420 e. The fraction of sp³-hybridized carbons (Fsp3) is 0.500. The zero-order chi connectivity index (χ0) is 17.7. The van der Waals surface area contributed by atoms with Gasteiger partial charge in [-0.15, -0.1) is 0 Å².